The van der Waals surface area contributed by atoms with Crippen LogP contribution in [0.25, 0.3) is 0 Å². The molecule has 0 N–H and O–H groups in total. The number of rotatable bonds is 1. The second-order valence-electron chi connectivity index (χ2n) is 3.96. The molecule has 2 aliphatic rings. The summed E-state index contributed by atoms with van der Waals surface area (Å²) in [6, 6.07) is 9.15. The van der Waals surface area contributed by atoms with E-state index in [9.17, 15) is 4.57 Å². The zero-order chi connectivity index (χ0) is 11.4. The molecule has 0 radical (unpaired) electrons. The maximum atomic E-state index is 12.3. The molecular formula is C10H9Cl2O3P. The molecule has 2 bridgehead atoms. The Morgan fingerprint density at radius 2 is 1.69 bits per heavy atom. The van der Waals surface area contributed by atoms with Gasteiger partial charge in [0.15, 0.2) is 7.14 Å². The minimum absolute atomic E-state index is 0.0783. The van der Waals surface area contributed by atoms with E-state index in [-0.39, 0.29) is 12.7 Å². The summed E-state index contributed by atoms with van der Waals surface area (Å²) in [6.07, 6.45) is 0.157. The van der Waals surface area contributed by atoms with Gasteiger partial charge in [0.25, 0.3) is 0 Å². The fourth-order valence-electron chi connectivity index (χ4n) is 2.07. The fraction of sp³-hybridized carbons (Fsp3) is 0.400. The molecule has 2 fully saturated rings. The third-order valence-corrected chi connectivity index (χ3v) is 7.77. The topological polar surface area (TPSA) is 35.5 Å². The predicted molar refractivity (Wildman–Crippen MR) is 62.1 cm³/mol. The van der Waals surface area contributed by atoms with Crippen LogP contribution in [0.4, 0.5) is 0 Å². The van der Waals surface area contributed by atoms with Crippen LogP contribution in [-0.4, -0.2) is 16.8 Å². The van der Waals surface area contributed by atoms with Crippen molar-refractivity contribution in [1.82, 2.24) is 0 Å². The molecule has 0 atom stereocenters. The van der Waals surface area contributed by atoms with Crippen molar-refractivity contribution in [2.75, 3.05) is 12.7 Å². The number of alkyl halides is 2. The molecule has 1 aromatic carbocycles. The van der Waals surface area contributed by atoms with Gasteiger partial charge >= 0.3 is 0 Å². The van der Waals surface area contributed by atoms with Gasteiger partial charge in [0.1, 0.15) is 12.7 Å². The first-order valence-electron chi connectivity index (χ1n) is 4.81. The van der Waals surface area contributed by atoms with Gasteiger partial charge in [0.2, 0.25) is 9.86 Å². The Balaban J connectivity index is 2.18. The molecule has 86 valence electrons. The largest absolute Gasteiger partial charge is 0.335 e. The maximum absolute atomic E-state index is 12.3. The van der Waals surface area contributed by atoms with Gasteiger partial charge in [-0.25, -0.2) is 0 Å². The Morgan fingerprint density at radius 3 is 2.12 bits per heavy atom. The van der Waals surface area contributed by atoms with Crippen LogP contribution in [-0.2, 0) is 19.8 Å². The summed E-state index contributed by atoms with van der Waals surface area (Å²) < 4.78 is 21.8. The van der Waals surface area contributed by atoms with Crippen LogP contribution in [0.15, 0.2) is 30.3 Å². The van der Waals surface area contributed by atoms with Crippen LogP contribution in [0, 0.1) is 0 Å². The van der Waals surface area contributed by atoms with E-state index < -0.39 is 17.0 Å². The average Bonchev–Trinajstić information content (AvgIpc) is 2.62. The summed E-state index contributed by atoms with van der Waals surface area (Å²) in [6.45, 7) is 0. The third kappa shape index (κ3) is 1.11. The minimum Gasteiger partial charge on any atom is -0.335 e. The van der Waals surface area contributed by atoms with E-state index in [0.29, 0.717) is 5.56 Å². The van der Waals surface area contributed by atoms with Gasteiger partial charge in [0, 0.05) is 5.56 Å². The van der Waals surface area contributed by atoms with E-state index in [1.807, 2.05) is 18.2 Å². The molecule has 3 rings (SSSR count). The third-order valence-electron chi connectivity index (χ3n) is 3.01. The summed E-state index contributed by atoms with van der Waals surface area (Å²) in [5.41, 5.74) is 0.704. The smallest absolute Gasteiger partial charge is 0.237 e. The van der Waals surface area contributed by atoms with Gasteiger partial charge < -0.3 is 14.0 Å². The van der Waals surface area contributed by atoms with Crippen molar-refractivity contribution in [3.05, 3.63) is 35.9 Å². The highest BCUT2D eigenvalue weighted by molar-refractivity contribution is 7.69. The van der Waals surface area contributed by atoms with Gasteiger partial charge in [0.05, 0.1) is 0 Å². The van der Waals surface area contributed by atoms with Crippen molar-refractivity contribution in [3.8, 4) is 0 Å². The van der Waals surface area contributed by atoms with E-state index in [2.05, 4.69) is 0 Å². The lowest BCUT2D eigenvalue weighted by molar-refractivity contribution is -0.211. The quantitative estimate of drug-likeness (QED) is 0.584. The average molecular weight is 279 g/mol. The van der Waals surface area contributed by atoms with Gasteiger partial charge in [-0.1, -0.05) is 53.5 Å². The fourth-order valence-corrected chi connectivity index (χ4v) is 5.07. The predicted octanol–water partition coefficient (Wildman–Crippen LogP) is 3.31. The molecule has 6 heteroatoms. The van der Waals surface area contributed by atoms with Crippen LogP contribution < -0.4 is 0 Å². The van der Waals surface area contributed by atoms with Crippen LogP contribution in [0.3, 0.4) is 0 Å². The molecule has 16 heavy (non-hydrogen) atoms. The minimum atomic E-state index is -2.82. The first-order chi connectivity index (χ1) is 7.52. The highest BCUT2D eigenvalue weighted by atomic mass is 35.5. The zero-order valence-corrected chi connectivity index (χ0v) is 10.6. The lowest BCUT2D eigenvalue weighted by Gasteiger charge is -2.30. The summed E-state index contributed by atoms with van der Waals surface area (Å²) >= 11 is 12.4. The van der Waals surface area contributed by atoms with Crippen LogP contribution in [0.1, 0.15) is 5.56 Å². The maximum Gasteiger partial charge on any atom is 0.237 e. The molecule has 2 heterocycles. The molecule has 0 unspecified atom stereocenters. The molecule has 0 amide bonds. The first kappa shape index (κ1) is 11.1. The van der Waals surface area contributed by atoms with E-state index >= 15 is 0 Å². The van der Waals surface area contributed by atoms with Crippen LogP contribution >= 0.6 is 30.3 Å². The number of hydrogen-bond donors (Lipinski definition) is 0. The Morgan fingerprint density at radius 1 is 1.12 bits per heavy atom. The summed E-state index contributed by atoms with van der Waals surface area (Å²) in [5, 5.41) is 0. The second-order valence-corrected chi connectivity index (χ2v) is 8.78. The number of halogens is 2. The van der Waals surface area contributed by atoms with Crippen molar-refractivity contribution in [1.29, 1.82) is 0 Å². The van der Waals surface area contributed by atoms with Crippen molar-refractivity contribution < 1.29 is 14.0 Å². The van der Waals surface area contributed by atoms with E-state index in [1.54, 1.807) is 12.1 Å². The Kier molecular flexibility index (Phi) is 2.24. The summed E-state index contributed by atoms with van der Waals surface area (Å²) in [4.78, 5) is 0. The molecule has 0 aliphatic carbocycles. The monoisotopic (exact) mass is 278 g/mol. The van der Waals surface area contributed by atoms with Crippen molar-refractivity contribution in [2.45, 2.75) is 9.86 Å². The molecule has 0 aromatic heterocycles. The summed E-state index contributed by atoms with van der Waals surface area (Å²) in [7, 11) is -2.82. The molecular weight excluding hydrogens is 270 g/mol. The number of hydrogen-bond acceptors (Lipinski definition) is 3. The van der Waals surface area contributed by atoms with Crippen LogP contribution in [0.5, 0.6) is 0 Å². The van der Waals surface area contributed by atoms with Crippen LogP contribution in [0.2, 0.25) is 0 Å². The normalized spacial score (nSPS) is 40.1. The van der Waals surface area contributed by atoms with Gasteiger partial charge in [-0.15, -0.1) is 0 Å². The molecule has 2 aliphatic heterocycles. The Hall–Kier alpha value is -0.0500. The molecule has 2 saturated heterocycles. The SMILES string of the molecule is O=P12COC(c3ccccc3)(OC1)C2(Cl)Cl. The highest BCUT2D eigenvalue weighted by Crippen LogP contribution is 2.80. The Bertz CT molecular complexity index is 462. The second kappa shape index (κ2) is 3.24. The standard InChI is InChI=1S/C10H9Cl2O3P/c11-10(12)9(8-4-2-1-3-5-8)14-6-16(10,13)7-15-9/h1-5H,6-7H2. The lowest BCUT2D eigenvalue weighted by atomic mass is 10.1. The van der Waals surface area contributed by atoms with Crippen molar-refractivity contribution >= 4 is 30.3 Å². The van der Waals surface area contributed by atoms with Crippen molar-refractivity contribution in [3.63, 3.8) is 0 Å². The van der Waals surface area contributed by atoms with Gasteiger partial charge in [-0.05, 0) is 0 Å². The zero-order valence-electron chi connectivity index (χ0n) is 8.23. The lowest BCUT2D eigenvalue weighted by Crippen LogP contribution is -2.38. The van der Waals surface area contributed by atoms with Crippen molar-refractivity contribution in [2.24, 2.45) is 0 Å². The molecule has 3 nitrogen and oxygen atoms in total. The molecule has 0 spiro atoms. The number of ether oxygens (including phenoxy) is 2. The van der Waals surface area contributed by atoms with Gasteiger partial charge in [-0.3, -0.25) is 0 Å². The van der Waals surface area contributed by atoms with E-state index in [4.69, 9.17) is 32.7 Å². The first-order valence-corrected chi connectivity index (χ1v) is 7.65. The summed E-state index contributed by atoms with van der Waals surface area (Å²) in [5.74, 6) is -1.27. The van der Waals surface area contributed by atoms with E-state index in [1.165, 1.54) is 0 Å². The Labute approximate surface area is 103 Å². The number of fused-ring (bicyclic) bond motifs is 2. The van der Waals surface area contributed by atoms with E-state index in [0.717, 1.165) is 0 Å². The van der Waals surface area contributed by atoms with Gasteiger partial charge in [-0.2, -0.15) is 0 Å². The molecule has 1 aromatic rings. The molecule has 0 saturated carbocycles. The highest BCUT2D eigenvalue weighted by Gasteiger charge is 2.74. The number of benzene rings is 1.